The van der Waals surface area contributed by atoms with E-state index in [-0.39, 0.29) is 12.0 Å². The summed E-state index contributed by atoms with van der Waals surface area (Å²) in [5, 5.41) is 0.408. The zero-order chi connectivity index (χ0) is 12.8. The van der Waals surface area contributed by atoms with Gasteiger partial charge in [0.1, 0.15) is 6.10 Å². The normalized spacial score (nSPS) is 12.2. The van der Waals surface area contributed by atoms with Crippen LogP contribution in [0.5, 0.6) is 0 Å². The Morgan fingerprint density at radius 2 is 2.24 bits per heavy atom. The van der Waals surface area contributed by atoms with Gasteiger partial charge in [0.05, 0.1) is 17.2 Å². The Morgan fingerprint density at radius 3 is 2.82 bits per heavy atom. The minimum atomic E-state index is -0.363. The Labute approximate surface area is 106 Å². The third-order valence-corrected chi connectivity index (χ3v) is 2.44. The molecule has 17 heavy (non-hydrogen) atoms. The lowest BCUT2D eigenvalue weighted by Gasteiger charge is -2.12. The van der Waals surface area contributed by atoms with Crippen LogP contribution in [0.1, 0.15) is 22.8 Å². The Balaban J connectivity index is 2.58. The molecule has 0 radical (unpaired) electrons. The predicted molar refractivity (Wildman–Crippen MR) is 66.1 cm³/mol. The van der Waals surface area contributed by atoms with Crippen LogP contribution in [0.3, 0.4) is 0 Å². The van der Waals surface area contributed by atoms with E-state index in [4.69, 9.17) is 21.2 Å². The number of aryl methyl sites for hydroxylation is 1. The van der Waals surface area contributed by atoms with Crippen molar-refractivity contribution in [2.24, 2.45) is 0 Å². The monoisotopic (exact) mass is 257 g/mol. The van der Waals surface area contributed by atoms with Gasteiger partial charge in [-0.25, -0.2) is 5.48 Å². The lowest BCUT2D eigenvalue weighted by Crippen LogP contribution is -2.30. The van der Waals surface area contributed by atoms with Crippen molar-refractivity contribution in [1.29, 1.82) is 0 Å². The number of carbonyl (C=O) groups is 1. The molecule has 1 N–H and O–H groups in total. The van der Waals surface area contributed by atoms with Crippen molar-refractivity contribution in [3.05, 3.63) is 34.3 Å². The van der Waals surface area contributed by atoms with Crippen LogP contribution in [0.2, 0.25) is 5.02 Å². The standard InChI is InChI=1S/C12H16ClNO3/c1-8-4-5-10(11(13)6-8)12(15)14-17-9(2)7-16-3/h4-6,9H,7H2,1-3H3,(H,14,15). The van der Waals surface area contributed by atoms with Gasteiger partial charge < -0.3 is 4.74 Å². The number of ether oxygens (including phenoxy) is 1. The number of carbonyl (C=O) groups excluding carboxylic acids is 1. The van der Waals surface area contributed by atoms with Gasteiger partial charge in [-0.1, -0.05) is 17.7 Å². The lowest BCUT2D eigenvalue weighted by molar-refractivity contribution is -0.0391. The molecular weight excluding hydrogens is 242 g/mol. The molecule has 4 nitrogen and oxygen atoms in total. The molecule has 0 aliphatic rings. The topological polar surface area (TPSA) is 47.6 Å². The van der Waals surface area contributed by atoms with Gasteiger partial charge in [0.2, 0.25) is 0 Å². The highest BCUT2D eigenvalue weighted by Gasteiger charge is 2.11. The molecule has 1 aromatic rings. The molecule has 0 bridgehead atoms. The minimum Gasteiger partial charge on any atom is -0.382 e. The minimum absolute atomic E-state index is 0.215. The second kappa shape index (κ2) is 6.59. The van der Waals surface area contributed by atoms with E-state index in [1.165, 1.54) is 0 Å². The number of halogens is 1. The maximum atomic E-state index is 11.7. The van der Waals surface area contributed by atoms with Crippen LogP contribution in [-0.2, 0) is 9.57 Å². The molecule has 1 unspecified atom stereocenters. The molecular formula is C12H16ClNO3. The van der Waals surface area contributed by atoms with Gasteiger partial charge in [0, 0.05) is 7.11 Å². The van der Waals surface area contributed by atoms with Gasteiger partial charge in [0.15, 0.2) is 0 Å². The van der Waals surface area contributed by atoms with E-state index in [9.17, 15) is 4.79 Å². The van der Waals surface area contributed by atoms with Gasteiger partial charge in [0.25, 0.3) is 5.91 Å². The zero-order valence-corrected chi connectivity index (χ0v) is 10.9. The zero-order valence-electron chi connectivity index (χ0n) is 10.1. The number of hydrogen-bond donors (Lipinski definition) is 1. The summed E-state index contributed by atoms with van der Waals surface area (Å²) in [7, 11) is 1.57. The fourth-order valence-electron chi connectivity index (χ4n) is 1.28. The maximum absolute atomic E-state index is 11.7. The summed E-state index contributed by atoms with van der Waals surface area (Å²) in [6.07, 6.45) is -0.215. The van der Waals surface area contributed by atoms with Gasteiger partial charge in [-0.2, -0.15) is 0 Å². The van der Waals surface area contributed by atoms with Crippen molar-refractivity contribution in [2.45, 2.75) is 20.0 Å². The molecule has 0 fully saturated rings. The predicted octanol–water partition coefficient (Wildman–Crippen LogP) is 2.34. The fraction of sp³-hybridized carbons (Fsp3) is 0.417. The summed E-state index contributed by atoms with van der Waals surface area (Å²) in [5.41, 5.74) is 3.73. The summed E-state index contributed by atoms with van der Waals surface area (Å²) in [6, 6.07) is 5.21. The Bertz CT molecular complexity index is 395. The van der Waals surface area contributed by atoms with E-state index >= 15 is 0 Å². The average Bonchev–Trinajstić information content (AvgIpc) is 2.26. The summed E-state index contributed by atoms with van der Waals surface area (Å²) in [5.74, 6) is -0.363. The molecule has 1 amide bonds. The first-order valence-corrected chi connectivity index (χ1v) is 5.63. The SMILES string of the molecule is COCC(C)ONC(=O)c1ccc(C)cc1Cl. The van der Waals surface area contributed by atoms with Crippen molar-refractivity contribution < 1.29 is 14.4 Å². The molecule has 0 spiro atoms. The van der Waals surface area contributed by atoms with Crippen LogP contribution < -0.4 is 5.48 Å². The van der Waals surface area contributed by atoms with E-state index in [1.807, 2.05) is 13.0 Å². The summed E-state index contributed by atoms with van der Waals surface area (Å²) in [6.45, 7) is 4.10. The molecule has 0 aliphatic carbocycles. The Morgan fingerprint density at radius 1 is 1.53 bits per heavy atom. The van der Waals surface area contributed by atoms with Crippen molar-refractivity contribution in [3.8, 4) is 0 Å². The first kappa shape index (κ1) is 14.0. The largest absolute Gasteiger partial charge is 0.382 e. The van der Waals surface area contributed by atoms with Crippen LogP contribution >= 0.6 is 11.6 Å². The molecule has 0 saturated carbocycles. The van der Waals surface area contributed by atoms with E-state index in [1.54, 1.807) is 26.2 Å². The van der Waals surface area contributed by atoms with Gasteiger partial charge in [-0.3, -0.25) is 9.63 Å². The van der Waals surface area contributed by atoms with E-state index < -0.39 is 0 Å². The van der Waals surface area contributed by atoms with Gasteiger partial charge in [-0.05, 0) is 31.5 Å². The average molecular weight is 258 g/mol. The first-order valence-electron chi connectivity index (χ1n) is 5.25. The van der Waals surface area contributed by atoms with E-state index in [0.717, 1.165) is 5.56 Å². The lowest BCUT2D eigenvalue weighted by atomic mass is 10.1. The third-order valence-electron chi connectivity index (χ3n) is 2.12. The van der Waals surface area contributed by atoms with Crippen LogP contribution in [0.15, 0.2) is 18.2 Å². The van der Waals surface area contributed by atoms with Gasteiger partial charge in [-0.15, -0.1) is 0 Å². The highest BCUT2D eigenvalue weighted by atomic mass is 35.5. The summed E-state index contributed by atoms with van der Waals surface area (Å²) < 4.78 is 4.88. The van der Waals surface area contributed by atoms with Crippen molar-refractivity contribution in [3.63, 3.8) is 0 Å². The molecule has 5 heteroatoms. The quantitative estimate of drug-likeness (QED) is 0.824. The molecule has 1 atom stereocenters. The van der Waals surface area contributed by atoms with E-state index in [0.29, 0.717) is 17.2 Å². The summed E-state index contributed by atoms with van der Waals surface area (Å²) in [4.78, 5) is 16.8. The highest BCUT2D eigenvalue weighted by Crippen LogP contribution is 2.17. The summed E-state index contributed by atoms with van der Waals surface area (Å²) >= 11 is 5.96. The number of nitrogens with one attached hydrogen (secondary N) is 1. The molecule has 0 aromatic heterocycles. The van der Waals surface area contributed by atoms with Crippen molar-refractivity contribution in [2.75, 3.05) is 13.7 Å². The number of hydrogen-bond acceptors (Lipinski definition) is 3. The third kappa shape index (κ3) is 4.34. The molecule has 94 valence electrons. The van der Waals surface area contributed by atoms with Crippen LogP contribution in [0, 0.1) is 6.92 Å². The van der Waals surface area contributed by atoms with Crippen LogP contribution in [-0.4, -0.2) is 25.7 Å². The molecule has 1 aromatic carbocycles. The fourth-order valence-corrected chi connectivity index (χ4v) is 1.60. The number of methoxy groups -OCH3 is 1. The van der Waals surface area contributed by atoms with Gasteiger partial charge >= 0.3 is 0 Å². The van der Waals surface area contributed by atoms with Crippen molar-refractivity contribution in [1.82, 2.24) is 5.48 Å². The smallest absolute Gasteiger partial charge is 0.276 e. The second-order valence-corrected chi connectivity index (χ2v) is 4.21. The first-order chi connectivity index (χ1) is 8.04. The number of benzene rings is 1. The molecule has 0 saturated heterocycles. The maximum Gasteiger partial charge on any atom is 0.276 e. The van der Waals surface area contributed by atoms with Crippen LogP contribution in [0.4, 0.5) is 0 Å². The van der Waals surface area contributed by atoms with Crippen LogP contribution in [0.25, 0.3) is 0 Å². The number of rotatable bonds is 5. The van der Waals surface area contributed by atoms with E-state index in [2.05, 4.69) is 5.48 Å². The number of amides is 1. The molecule has 1 rings (SSSR count). The second-order valence-electron chi connectivity index (χ2n) is 3.80. The highest BCUT2D eigenvalue weighted by molar-refractivity contribution is 6.33. The molecule has 0 heterocycles. The Hall–Kier alpha value is -1.10. The Kier molecular flexibility index (Phi) is 5.41. The number of hydroxylamine groups is 1. The molecule has 0 aliphatic heterocycles. The van der Waals surface area contributed by atoms with Crippen molar-refractivity contribution >= 4 is 17.5 Å².